The summed E-state index contributed by atoms with van der Waals surface area (Å²) in [5.41, 5.74) is -0.708. The topological polar surface area (TPSA) is 93.3 Å². The van der Waals surface area contributed by atoms with Crippen LogP contribution < -0.4 is 0 Å². The van der Waals surface area contributed by atoms with E-state index in [-0.39, 0.29) is 10.5 Å². The van der Waals surface area contributed by atoms with Gasteiger partial charge in [0.1, 0.15) is 5.56 Å². The molecule has 19 heavy (non-hydrogen) atoms. The van der Waals surface area contributed by atoms with Gasteiger partial charge in [0.15, 0.2) is 0 Å². The van der Waals surface area contributed by atoms with Gasteiger partial charge in [0.25, 0.3) is 5.69 Å². The third-order valence-electron chi connectivity index (χ3n) is 2.29. The molecule has 6 nitrogen and oxygen atoms in total. The highest BCUT2D eigenvalue weighted by Crippen LogP contribution is 2.36. The van der Waals surface area contributed by atoms with Gasteiger partial charge in [0, 0.05) is 17.3 Å². The van der Waals surface area contributed by atoms with Gasteiger partial charge >= 0.3 is 5.97 Å². The maximum absolute atomic E-state index is 11.1. The van der Waals surface area contributed by atoms with Gasteiger partial charge in [-0.3, -0.25) is 15.1 Å². The third-order valence-corrected chi connectivity index (χ3v) is 3.35. The summed E-state index contributed by atoms with van der Waals surface area (Å²) in [7, 11) is 0. The van der Waals surface area contributed by atoms with Crippen LogP contribution in [-0.4, -0.2) is 21.0 Å². The summed E-state index contributed by atoms with van der Waals surface area (Å²) < 4.78 is 0. The van der Waals surface area contributed by atoms with E-state index in [4.69, 9.17) is 5.11 Å². The van der Waals surface area contributed by atoms with Crippen molar-refractivity contribution in [3.05, 3.63) is 58.4 Å². The van der Waals surface area contributed by atoms with Gasteiger partial charge in [-0.05, 0) is 24.3 Å². The number of nitro groups is 1. The second-order valence-corrected chi connectivity index (χ2v) is 4.61. The summed E-state index contributed by atoms with van der Waals surface area (Å²) >= 11 is 1.13. The van der Waals surface area contributed by atoms with Gasteiger partial charge in [-0.2, -0.15) is 0 Å². The van der Waals surface area contributed by atoms with Crippen LogP contribution in [0.15, 0.2) is 52.5 Å². The van der Waals surface area contributed by atoms with Gasteiger partial charge < -0.3 is 5.11 Å². The van der Waals surface area contributed by atoms with Crippen molar-refractivity contribution >= 4 is 23.4 Å². The largest absolute Gasteiger partial charge is 0.477 e. The lowest BCUT2D eigenvalue weighted by Gasteiger charge is -2.04. The fourth-order valence-corrected chi connectivity index (χ4v) is 2.44. The molecule has 0 fully saturated rings. The normalized spacial score (nSPS) is 10.1. The lowest BCUT2D eigenvalue weighted by molar-refractivity contribution is -0.388. The number of nitro benzene ring substituents is 1. The van der Waals surface area contributed by atoms with Gasteiger partial charge in [0.05, 0.1) is 9.82 Å². The summed E-state index contributed by atoms with van der Waals surface area (Å²) in [6.45, 7) is 0. The Kier molecular flexibility index (Phi) is 3.76. The van der Waals surface area contributed by atoms with Crippen LogP contribution in [0, 0.1) is 10.1 Å². The molecule has 0 unspecified atom stereocenters. The first-order chi connectivity index (χ1) is 9.09. The number of hydrogen-bond donors (Lipinski definition) is 1. The van der Waals surface area contributed by atoms with E-state index in [2.05, 4.69) is 4.98 Å². The Morgan fingerprint density at radius 1 is 1.26 bits per heavy atom. The van der Waals surface area contributed by atoms with Crippen molar-refractivity contribution in [3.63, 3.8) is 0 Å². The molecule has 0 aliphatic carbocycles. The van der Waals surface area contributed by atoms with Crippen LogP contribution in [-0.2, 0) is 0 Å². The molecule has 0 saturated carbocycles. The van der Waals surface area contributed by atoms with Crippen LogP contribution >= 0.6 is 11.8 Å². The molecule has 2 aromatic rings. The SMILES string of the molecule is O=C(O)c1cccc(Sc2ccncc2)c1[N+](=O)[O-]. The molecule has 0 aliphatic heterocycles. The highest BCUT2D eigenvalue weighted by atomic mass is 32.2. The third kappa shape index (κ3) is 2.89. The maximum Gasteiger partial charge on any atom is 0.342 e. The van der Waals surface area contributed by atoms with Crippen molar-refractivity contribution in [2.75, 3.05) is 0 Å². The van der Waals surface area contributed by atoms with E-state index in [1.54, 1.807) is 24.5 Å². The Morgan fingerprint density at radius 3 is 2.53 bits per heavy atom. The van der Waals surface area contributed by atoms with Crippen molar-refractivity contribution < 1.29 is 14.8 Å². The average Bonchev–Trinajstić information content (AvgIpc) is 2.39. The summed E-state index contributed by atoms with van der Waals surface area (Å²) in [5, 5.41) is 20.0. The number of carbonyl (C=O) groups is 1. The van der Waals surface area contributed by atoms with E-state index < -0.39 is 16.6 Å². The standard InChI is InChI=1S/C12H8N2O4S/c15-12(16)9-2-1-3-10(11(9)14(17)18)19-8-4-6-13-7-5-8/h1-7H,(H,15,16). The summed E-state index contributed by atoms with van der Waals surface area (Å²) in [5.74, 6) is -1.32. The second-order valence-electron chi connectivity index (χ2n) is 3.50. The van der Waals surface area contributed by atoms with Crippen LogP contribution in [0.5, 0.6) is 0 Å². The zero-order valence-corrected chi connectivity index (χ0v) is 10.3. The van der Waals surface area contributed by atoms with Gasteiger partial charge in [-0.15, -0.1) is 0 Å². The second kappa shape index (κ2) is 5.49. The molecule has 0 bridgehead atoms. The molecule has 1 aromatic heterocycles. The zero-order valence-electron chi connectivity index (χ0n) is 9.52. The van der Waals surface area contributed by atoms with Crippen molar-refractivity contribution in [1.29, 1.82) is 0 Å². The molecule has 0 amide bonds. The van der Waals surface area contributed by atoms with E-state index >= 15 is 0 Å². The number of nitrogens with zero attached hydrogens (tertiary/aromatic N) is 2. The number of pyridine rings is 1. The Morgan fingerprint density at radius 2 is 1.95 bits per heavy atom. The molecule has 0 spiro atoms. The lowest BCUT2D eigenvalue weighted by atomic mass is 10.2. The zero-order chi connectivity index (χ0) is 13.8. The average molecular weight is 276 g/mol. The number of carboxylic acids is 1. The summed E-state index contributed by atoms with van der Waals surface area (Å²) in [6.07, 6.45) is 3.13. The molecule has 7 heteroatoms. The van der Waals surface area contributed by atoms with Crippen LogP contribution in [0.1, 0.15) is 10.4 Å². The first-order valence-corrected chi connectivity index (χ1v) is 6.00. The Balaban J connectivity index is 2.48. The predicted octanol–water partition coefficient (Wildman–Crippen LogP) is 2.84. The molecule has 96 valence electrons. The van der Waals surface area contributed by atoms with E-state index in [1.165, 1.54) is 18.2 Å². The number of para-hydroxylation sites is 1. The summed E-state index contributed by atoms with van der Waals surface area (Å²) in [6, 6.07) is 7.62. The molecular formula is C12H8N2O4S. The first kappa shape index (κ1) is 13.0. The lowest BCUT2D eigenvalue weighted by Crippen LogP contribution is -2.03. The molecule has 0 radical (unpaired) electrons. The number of carboxylic acid groups (broad SMARTS) is 1. The van der Waals surface area contributed by atoms with Crippen LogP contribution in [0.4, 0.5) is 5.69 Å². The van der Waals surface area contributed by atoms with E-state index in [1.807, 2.05) is 0 Å². The molecular weight excluding hydrogens is 268 g/mol. The highest BCUT2D eigenvalue weighted by Gasteiger charge is 2.24. The fourth-order valence-electron chi connectivity index (χ4n) is 1.50. The maximum atomic E-state index is 11.1. The Bertz CT molecular complexity index is 631. The van der Waals surface area contributed by atoms with Gasteiger partial charge in [-0.1, -0.05) is 17.8 Å². The first-order valence-electron chi connectivity index (χ1n) is 5.18. The number of aromatic nitrogens is 1. The Hall–Kier alpha value is -2.41. The Labute approximate surface area is 112 Å². The summed E-state index contributed by atoms with van der Waals surface area (Å²) in [4.78, 5) is 26.3. The number of rotatable bonds is 4. The quantitative estimate of drug-likeness (QED) is 0.681. The molecule has 2 rings (SSSR count). The van der Waals surface area contributed by atoms with Crippen LogP contribution in [0.3, 0.4) is 0 Å². The van der Waals surface area contributed by atoms with E-state index in [0.29, 0.717) is 0 Å². The number of benzene rings is 1. The van der Waals surface area contributed by atoms with E-state index in [0.717, 1.165) is 16.7 Å². The van der Waals surface area contributed by atoms with Gasteiger partial charge in [0.2, 0.25) is 0 Å². The molecule has 1 N–H and O–H groups in total. The predicted molar refractivity (Wildman–Crippen MR) is 68.4 cm³/mol. The minimum absolute atomic E-state index is 0.288. The molecule has 0 atom stereocenters. The molecule has 1 aromatic carbocycles. The smallest absolute Gasteiger partial charge is 0.342 e. The minimum Gasteiger partial charge on any atom is -0.477 e. The monoisotopic (exact) mass is 276 g/mol. The van der Waals surface area contributed by atoms with Crippen molar-refractivity contribution in [1.82, 2.24) is 4.98 Å². The fraction of sp³-hybridized carbons (Fsp3) is 0. The number of aromatic carboxylic acids is 1. The van der Waals surface area contributed by atoms with Crippen molar-refractivity contribution in [3.8, 4) is 0 Å². The number of hydrogen-bond acceptors (Lipinski definition) is 5. The van der Waals surface area contributed by atoms with Crippen molar-refractivity contribution in [2.24, 2.45) is 0 Å². The molecule has 0 aliphatic rings. The minimum atomic E-state index is -1.32. The molecule has 1 heterocycles. The highest BCUT2D eigenvalue weighted by molar-refractivity contribution is 7.99. The van der Waals surface area contributed by atoms with Crippen LogP contribution in [0.2, 0.25) is 0 Å². The van der Waals surface area contributed by atoms with Crippen molar-refractivity contribution in [2.45, 2.75) is 9.79 Å². The molecule has 0 saturated heterocycles. The van der Waals surface area contributed by atoms with Crippen LogP contribution in [0.25, 0.3) is 0 Å². The van der Waals surface area contributed by atoms with E-state index in [9.17, 15) is 14.9 Å². The van der Waals surface area contributed by atoms with Gasteiger partial charge in [-0.25, -0.2) is 4.79 Å².